The quantitative estimate of drug-likeness (QED) is 0.137. The van der Waals surface area contributed by atoms with Crippen LogP contribution in [0, 0.1) is 0 Å². The first-order chi connectivity index (χ1) is 19.3. The average Bonchev–Trinajstić information content (AvgIpc) is 2.91. The topological polar surface area (TPSA) is 99.6 Å². The molecule has 0 aromatic heterocycles. The fraction of sp³-hybridized carbons (Fsp3) is 1.00. The van der Waals surface area contributed by atoms with Crippen LogP contribution in [-0.2, 0) is 4.57 Å². The lowest BCUT2D eigenvalue weighted by molar-refractivity contribution is -0.920. The third kappa shape index (κ3) is 38.0. The van der Waals surface area contributed by atoms with Gasteiger partial charge in [0.1, 0.15) is 0 Å². The number of quaternary nitrogens is 3. The van der Waals surface area contributed by atoms with Crippen LogP contribution in [0.1, 0.15) is 160 Å². The summed E-state index contributed by atoms with van der Waals surface area (Å²) in [7, 11) is -5.39. The number of unbranched alkanes of at least 4 members (excludes halogenated alkanes) is 6. The van der Waals surface area contributed by atoms with Gasteiger partial charge < -0.3 is 33.9 Å². The molecule has 0 aromatic carbocycles. The molecule has 254 valence electrons. The zero-order valence-electron chi connectivity index (χ0n) is 30.0. The van der Waals surface area contributed by atoms with E-state index in [4.69, 9.17) is 19.2 Å². The van der Waals surface area contributed by atoms with Gasteiger partial charge in [0.2, 0.25) is 0 Å². The van der Waals surface area contributed by atoms with Crippen molar-refractivity contribution in [1.82, 2.24) is 0 Å². The average molecular weight is 612 g/mol. The second-order valence-corrected chi connectivity index (χ2v) is 12.6. The van der Waals surface area contributed by atoms with E-state index in [0.717, 1.165) is 18.1 Å². The maximum Gasteiger partial charge on any atom is 0.0845 e. The van der Waals surface area contributed by atoms with Gasteiger partial charge in [0.25, 0.3) is 0 Å². The molecule has 3 unspecified atom stereocenters. The van der Waals surface area contributed by atoms with Crippen molar-refractivity contribution in [3.05, 3.63) is 0 Å². The summed E-state index contributed by atoms with van der Waals surface area (Å²) in [6, 6.07) is 2.60. The molecule has 3 N–H and O–H groups in total. The highest BCUT2D eigenvalue weighted by molar-refractivity contribution is 7.40. The van der Waals surface area contributed by atoms with E-state index in [-0.39, 0.29) is 0 Å². The standard InChI is InChI=1S/3C11H25N.H3O4P/c3*1-5-8-9-10-11(4)12(6-2)7-3;1-5(2,3)4/h3*11H,5-10H2,1-4H3;(H3,1,2,3,4). The first-order valence-corrected chi connectivity index (χ1v) is 19.0. The van der Waals surface area contributed by atoms with Gasteiger partial charge in [0.05, 0.1) is 57.4 Å². The fourth-order valence-electron chi connectivity index (χ4n) is 5.55. The van der Waals surface area contributed by atoms with E-state index in [9.17, 15) is 0 Å². The van der Waals surface area contributed by atoms with E-state index in [1.807, 2.05) is 0 Å². The summed E-state index contributed by atoms with van der Waals surface area (Å²) in [5.74, 6) is 0. The zero-order chi connectivity index (χ0) is 32.7. The number of hydrogen-bond acceptors (Lipinski definition) is 4. The van der Waals surface area contributed by atoms with Gasteiger partial charge in [-0.3, -0.25) is 0 Å². The van der Waals surface area contributed by atoms with Crippen LogP contribution in [0.5, 0.6) is 0 Å². The Labute approximate surface area is 259 Å². The fourth-order valence-corrected chi connectivity index (χ4v) is 5.55. The van der Waals surface area contributed by atoms with E-state index in [2.05, 4.69) is 83.1 Å². The molecule has 0 aliphatic heterocycles. The first kappa shape index (κ1) is 47.9. The van der Waals surface area contributed by atoms with Crippen molar-refractivity contribution in [2.45, 2.75) is 178 Å². The Morgan fingerprint density at radius 2 is 0.610 bits per heavy atom. The Bertz CT molecular complexity index is 459. The van der Waals surface area contributed by atoms with E-state index in [0.29, 0.717) is 0 Å². The minimum atomic E-state index is -5.39. The highest BCUT2D eigenvalue weighted by Crippen LogP contribution is 2.03. The van der Waals surface area contributed by atoms with E-state index < -0.39 is 7.82 Å². The van der Waals surface area contributed by atoms with Gasteiger partial charge in [-0.1, -0.05) is 59.3 Å². The normalized spacial score (nSPS) is 13.5. The van der Waals surface area contributed by atoms with Crippen LogP contribution in [0.15, 0.2) is 0 Å². The van der Waals surface area contributed by atoms with Crippen molar-refractivity contribution in [1.29, 1.82) is 0 Å². The van der Waals surface area contributed by atoms with E-state index >= 15 is 0 Å². The van der Waals surface area contributed by atoms with Crippen LogP contribution in [-0.4, -0.2) is 57.4 Å². The van der Waals surface area contributed by atoms with Crippen LogP contribution in [0.2, 0.25) is 0 Å². The van der Waals surface area contributed by atoms with Gasteiger partial charge in [0, 0.05) is 0 Å². The highest BCUT2D eigenvalue weighted by Gasteiger charge is 2.13. The summed E-state index contributed by atoms with van der Waals surface area (Å²) in [5.41, 5.74) is 0. The van der Waals surface area contributed by atoms with Crippen molar-refractivity contribution >= 4 is 7.82 Å². The lowest BCUT2D eigenvalue weighted by Gasteiger charge is -2.36. The maximum absolute atomic E-state index is 8.55. The molecule has 41 heavy (non-hydrogen) atoms. The summed E-state index contributed by atoms with van der Waals surface area (Å²) < 4.78 is 8.55. The van der Waals surface area contributed by atoms with Crippen LogP contribution >= 0.6 is 7.82 Å². The Morgan fingerprint density at radius 1 is 0.439 bits per heavy atom. The van der Waals surface area contributed by atoms with Crippen molar-refractivity contribution < 1.29 is 33.9 Å². The SMILES string of the molecule is CCCCCC(C)[NH+](CC)CC.CCCCCC(C)[NH+](CC)CC.CCCCCC(C)[NH+](CC)CC.O=P([O-])([O-])[O-]. The van der Waals surface area contributed by atoms with Crippen LogP contribution in [0.25, 0.3) is 0 Å². The molecule has 0 rings (SSSR count). The third-order valence-corrected chi connectivity index (χ3v) is 8.54. The van der Waals surface area contributed by atoms with Crippen molar-refractivity contribution in [2.24, 2.45) is 0 Å². The molecule has 0 radical (unpaired) electrons. The third-order valence-electron chi connectivity index (χ3n) is 8.54. The molecule has 0 amide bonds. The second kappa shape index (κ2) is 34.5. The van der Waals surface area contributed by atoms with E-state index in [1.54, 1.807) is 14.7 Å². The second-order valence-electron chi connectivity index (χ2n) is 11.7. The number of nitrogens with one attached hydrogen (secondary N) is 3. The lowest BCUT2D eigenvalue weighted by atomic mass is 10.1. The molecule has 0 saturated carbocycles. The van der Waals surface area contributed by atoms with Gasteiger partial charge in [0.15, 0.2) is 0 Å². The molecule has 0 aromatic rings. The first-order valence-electron chi connectivity index (χ1n) is 17.5. The van der Waals surface area contributed by atoms with Gasteiger partial charge in [-0.15, -0.1) is 0 Å². The summed E-state index contributed by atoms with van der Waals surface area (Å²) in [4.78, 5) is 30.9. The molecule has 3 atom stereocenters. The van der Waals surface area contributed by atoms with Crippen molar-refractivity contribution in [3.63, 3.8) is 0 Å². The van der Waals surface area contributed by atoms with E-state index in [1.165, 1.54) is 116 Å². The predicted molar refractivity (Wildman–Crippen MR) is 175 cm³/mol. The van der Waals surface area contributed by atoms with Gasteiger partial charge in [-0.25, -0.2) is 0 Å². The molecule has 0 heterocycles. The Hall–Kier alpha value is -0.0100. The summed E-state index contributed by atoms with van der Waals surface area (Å²) in [6.07, 6.45) is 16.7. The van der Waals surface area contributed by atoms with Gasteiger partial charge >= 0.3 is 0 Å². The molecule has 8 heteroatoms. The molecule has 0 aliphatic carbocycles. The Morgan fingerprint density at radius 3 is 0.732 bits per heavy atom. The molecular formula is C33H78N3O4P. The highest BCUT2D eigenvalue weighted by atomic mass is 31.2. The van der Waals surface area contributed by atoms with Crippen LogP contribution in [0.4, 0.5) is 0 Å². The Kier molecular flexibility index (Phi) is 40.3. The predicted octanol–water partition coefficient (Wildman–Crippen LogP) is 2.82. The molecule has 7 nitrogen and oxygen atoms in total. The largest absolute Gasteiger partial charge is 0.822 e. The molecule has 0 saturated heterocycles. The number of rotatable bonds is 21. The van der Waals surface area contributed by atoms with Crippen molar-refractivity contribution in [3.8, 4) is 0 Å². The monoisotopic (exact) mass is 612 g/mol. The summed E-state index contributed by atoms with van der Waals surface area (Å²) in [5, 5.41) is 0. The van der Waals surface area contributed by atoms with Gasteiger partial charge in [-0.2, -0.15) is 7.82 Å². The lowest BCUT2D eigenvalue weighted by Crippen LogP contribution is -3.14. The van der Waals surface area contributed by atoms with Gasteiger partial charge in [-0.05, 0) is 101 Å². The van der Waals surface area contributed by atoms with Crippen molar-refractivity contribution in [2.75, 3.05) is 39.3 Å². The molecule has 0 aliphatic rings. The summed E-state index contributed by atoms with van der Waals surface area (Å²) in [6.45, 7) is 35.4. The van der Waals surface area contributed by atoms with Crippen LogP contribution in [0.3, 0.4) is 0 Å². The number of phosphoric acid groups is 1. The summed E-state index contributed by atoms with van der Waals surface area (Å²) >= 11 is 0. The zero-order valence-corrected chi connectivity index (χ0v) is 30.9. The maximum atomic E-state index is 8.55. The molecule has 0 fully saturated rings. The van der Waals surface area contributed by atoms with Crippen LogP contribution < -0.4 is 29.4 Å². The minimum Gasteiger partial charge on any atom is -0.822 e. The molecule has 0 spiro atoms. The Balaban J connectivity index is -0.000000231. The molecular weight excluding hydrogens is 533 g/mol. The smallest absolute Gasteiger partial charge is 0.0845 e. The molecule has 0 bridgehead atoms. The number of hydrogen-bond donors (Lipinski definition) is 3. The minimum absolute atomic E-state index is 0.867.